The molecule has 7 nitrogen and oxygen atoms in total. The van der Waals surface area contributed by atoms with Crippen LogP contribution in [-0.2, 0) is 14.3 Å². The Kier molecular flexibility index (Phi) is 3.40. The normalized spacial score (nSPS) is 24.8. The van der Waals surface area contributed by atoms with Gasteiger partial charge in [0, 0.05) is 35.9 Å². The zero-order valence-corrected chi connectivity index (χ0v) is 13.3. The highest BCUT2D eigenvalue weighted by Crippen LogP contribution is 2.53. The monoisotopic (exact) mass is 346 g/mol. The van der Waals surface area contributed by atoms with E-state index < -0.39 is 21.1 Å². The molecular weight excluding hydrogens is 332 g/mol. The summed E-state index contributed by atoms with van der Waals surface area (Å²) in [5.74, 6) is 0.273. The third-order valence-corrected chi connectivity index (χ3v) is 6.10. The molecule has 0 saturated heterocycles. The third kappa shape index (κ3) is 2.38. The van der Waals surface area contributed by atoms with Gasteiger partial charge in [-0.25, -0.2) is 0 Å². The number of nitrogens with zero attached hydrogens (tertiary/aromatic N) is 2. The average Bonchev–Trinajstić information content (AvgIpc) is 3.13. The number of benzene rings is 1. The second kappa shape index (κ2) is 5.35. The van der Waals surface area contributed by atoms with Crippen molar-refractivity contribution in [2.75, 3.05) is 0 Å². The van der Waals surface area contributed by atoms with E-state index in [1.54, 1.807) is 6.20 Å². The Hall–Kier alpha value is -2.32. The van der Waals surface area contributed by atoms with E-state index in [0.717, 1.165) is 29.8 Å². The average molecular weight is 346 g/mol. The Balaban J connectivity index is 1.57. The number of nitro groups is 1. The Morgan fingerprint density at radius 3 is 2.62 bits per heavy atom. The molecule has 3 atom stereocenters. The molecule has 8 heteroatoms. The van der Waals surface area contributed by atoms with Gasteiger partial charge < -0.3 is 0 Å². The standard InChI is InChI=1S/C16H14N2O5S/c19-18(20)11-3-5-12(6-4-11)24(21,22)23-15-9-10-8-14(15)13-2-1-7-17-16(10)13/h1-7,10,14-15H,8-9H2/t10-,14-,15+/m0/s1. The molecule has 2 aliphatic rings. The van der Waals surface area contributed by atoms with Crippen molar-refractivity contribution >= 4 is 15.8 Å². The fraction of sp³-hybridized carbons (Fsp3) is 0.312. The van der Waals surface area contributed by atoms with Crippen molar-refractivity contribution in [2.24, 2.45) is 0 Å². The minimum absolute atomic E-state index is 0.0338. The van der Waals surface area contributed by atoms with Gasteiger partial charge in [0.05, 0.1) is 15.9 Å². The lowest BCUT2D eigenvalue weighted by molar-refractivity contribution is -0.384. The van der Waals surface area contributed by atoms with Crippen LogP contribution < -0.4 is 0 Å². The van der Waals surface area contributed by atoms with Crippen LogP contribution in [0.1, 0.15) is 35.9 Å². The zero-order chi connectivity index (χ0) is 16.9. The maximum atomic E-state index is 12.4. The molecule has 0 radical (unpaired) electrons. The molecule has 0 amide bonds. The first kappa shape index (κ1) is 15.2. The van der Waals surface area contributed by atoms with E-state index in [1.165, 1.54) is 12.1 Å². The van der Waals surface area contributed by atoms with Gasteiger partial charge in [-0.2, -0.15) is 8.42 Å². The number of aromatic nitrogens is 1. The molecule has 4 rings (SSSR count). The largest absolute Gasteiger partial charge is 0.297 e. The van der Waals surface area contributed by atoms with Gasteiger partial charge in [-0.05, 0) is 36.6 Å². The van der Waals surface area contributed by atoms with Gasteiger partial charge >= 0.3 is 0 Å². The van der Waals surface area contributed by atoms with Gasteiger partial charge in [-0.3, -0.25) is 19.3 Å². The zero-order valence-electron chi connectivity index (χ0n) is 12.5. The SMILES string of the molecule is O=[N+]([O-])c1ccc(S(=O)(=O)O[C@@H]2C[C@@H]3C[C@H]2c2cccnc23)cc1. The summed E-state index contributed by atoms with van der Waals surface area (Å²) in [6.45, 7) is 0. The van der Waals surface area contributed by atoms with Crippen LogP contribution in [0.2, 0.25) is 0 Å². The van der Waals surface area contributed by atoms with Gasteiger partial charge in [0.1, 0.15) is 0 Å². The molecule has 1 saturated carbocycles. The predicted octanol–water partition coefficient (Wildman–Crippen LogP) is 2.74. The van der Waals surface area contributed by atoms with E-state index >= 15 is 0 Å². The number of hydrogen-bond donors (Lipinski definition) is 0. The Morgan fingerprint density at radius 2 is 1.92 bits per heavy atom. The highest BCUT2D eigenvalue weighted by Gasteiger charge is 2.47. The number of fused-ring (bicyclic) bond motifs is 5. The molecule has 0 unspecified atom stereocenters. The highest BCUT2D eigenvalue weighted by atomic mass is 32.2. The van der Waals surface area contributed by atoms with Crippen LogP contribution in [-0.4, -0.2) is 24.4 Å². The van der Waals surface area contributed by atoms with Crippen molar-refractivity contribution in [3.05, 3.63) is 64.0 Å². The fourth-order valence-corrected chi connectivity index (χ4v) is 4.81. The van der Waals surface area contributed by atoms with Crippen molar-refractivity contribution < 1.29 is 17.5 Å². The van der Waals surface area contributed by atoms with Gasteiger partial charge in [0.15, 0.2) is 0 Å². The van der Waals surface area contributed by atoms with Crippen molar-refractivity contribution in [1.29, 1.82) is 0 Å². The molecular formula is C16H14N2O5S. The number of nitro benzene ring substituents is 1. The molecule has 2 aliphatic carbocycles. The topological polar surface area (TPSA) is 99.4 Å². The summed E-state index contributed by atoms with van der Waals surface area (Å²) in [4.78, 5) is 14.4. The summed E-state index contributed by atoms with van der Waals surface area (Å²) in [7, 11) is -3.95. The molecule has 124 valence electrons. The molecule has 2 bridgehead atoms. The molecule has 1 fully saturated rings. The van der Waals surface area contributed by atoms with E-state index in [1.807, 2.05) is 12.1 Å². The minimum Gasteiger partial charge on any atom is -0.262 e. The number of rotatable bonds is 4. The van der Waals surface area contributed by atoms with Crippen molar-refractivity contribution in [3.63, 3.8) is 0 Å². The van der Waals surface area contributed by atoms with E-state index in [4.69, 9.17) is 4.18 Å². The molecule has 1 aromatic carbocycles. The number of pyridine rings is 1. The smallest absolute Gasteiger partial charge is 0.262 e. The summed E-state index contributed by atoms with van der Waals surface area (Å²) in [6, 6.07) is 8.56. The molecule has 0 aliphatic heterocycles. The lowest BCUT2D eigenvalue weighted by Gasteiger charge is -2.23. The fourth-order valence-electron chi connectivity index (χ4n) is 3.69. The van der Waals surface area contributed by atoms with Gasteiger partial charge in [0.25, 0.3) is 15.8 Å². The van der Waals surface area contributed by atoms with Gasteiger partial charge in [0.2, 0.25) is 0 Å². The molecule has 1 heterocycles. The van der Waals surface area contributed by atoms with Crippen LogP contribution >= 0.6 is 0 Å². The quantitative estimate of drug-likeness (QED) is 0.479. The van der Waals surface area contributed by atoms with Crippen molar-refractivity contribution in [3.8, 4) is 0 Å². The Labute approximate surface area is 138 Å². The first-order valence-electron chi connectivity index (χ1n) is 7.58. The molecule has 2 aromatic rings. The summed E-state index contributed by atoms with van der Waals surface area (Å²) >= 11 is 0. The van der Waals surface area contributed by atoms with Crippen molar-refractivity contribution in [2.45, 2.75) is 35.7 Å². The van der Waals surface area contributed by atoms with Crippen LogP contribution in [0.5, 0.6) is 0 Å². The highest BCUT2D eigenvalue weighted by molar-refractivity contribution is 7.86. The number of non-ortho nitro benzene ring substituents is 1. The van der Waals surface area contributed by atoms with E-state index in [2.05, 4.69) is 4.98 Å². The van der Waals surface area contributed by atoms with E-state index in [0.29, 0.717) is 6.42 Å². The Bertz CT molecular complexity index is 910. The van der Waals surface area contributed by atoms with E-state index in [-0.39, 0.29) is 22.4 Å². The van der Waals surface area contributed by atoms with Crippen LogP contribution in [0.25, 0.3) is 0 Å². The molecule has 1 aromatic heterocycles. The summed E-state index contributed by atoms with van der Waals surface area (Å²) in [6.07, 6.45) is 2.82. The summed E-state index contributed by atoms with van der Waals surface area (Å²) in [5, 5.41) is 10.7. The lowest BCUT2D eigenvalue weighted by atomic mass is 9.94. The van der Waals surface area contributed by atoms with Gasteiger partial charge in [-0.1, -0.05) is 6.07 Å². The first-order valence-corrected chi connectivity index (χ1v) is 8.99. The molecule has 24 heavy (non-hydrogen) atoms. The lowest BCUT2D eigenvalue weighted by Crippen LogP contribution is -2.24. The van der Waals surface area contributed by atoms with Crippen LogP contribution in [0.4, 0.5) is 5.69 Å². The Morgan fingerprint density at radius 1 is 1.17 bits per heavy atom. The van der Waals surface area contributed by atoms with Crippen molar-refractivity contribution in [1.82, 2.24) is 4.98 Å². The number of hydrogen-bond acceptors (Lipinski definition) is 6. The first-order chi connectivity index (χ1) is 11.5. The molecule has 0 spiro atoms. The predicted molar refractivity (Wildman–Crippen MR) is 84.1 cm³/mol. The second-order valence-corrected chi connectivity index (χ2v) is 7.66. The third-order valence-electron chi connectivity index (χ3n) is 4.75. The van der Waals surface area contributed by atoms with Crippen LogP contribution in [0.15, 0.2) is 47.5 Å². The minimum atomic E-state index is -3.95. The molecule has 0 N–H and O–H groups in total. The van der Waals surface area contributed by atoms with E-state index in [9.17, 15) is 18.5 Å². The maximum absolute atomic E-state index is 12.4. The van der Waals surface area contributed by atoms with Crippen LogP contribution in [0, 0.1) is 10.1 Å². The van der Waals surface area contributed by atoms with Crippen LogP contribution in [0.3, 0.4) is 0 Å². The maximum Gasteiger partial charge on any atom is 0.297 e. The second-order valence-electron chi connectivity index (χ2n) is 6.09. The summed E-state index contributed by atoms with van der Waals surface area (Å²) < 4.78 is 30.4. The van der Waals surface area contributed by atoms with Gasteiger partial charge in [-0.15, -0.1) is 0 Å². The summed E-state index contributed by atoms with van der Waals surface area (Å²) in [5.41, 5.74) is 1.96.